The first kappa shape index (κ1) is 21.2. The number of amides is 1. The van der Waals surface area contributed by atoms with Crippen LogP contribution in [0.3, 0.4) is 0 Å². The zero-order valence-electron chi connectivity index (χ0n) is 16.2. The van der Waals surface area contributed by atoms with Crippen LogP contribution in [-0.4, -0.2) is 59.6 Å². The number of carbonyl (C=O) groups is 1. The molecular weight excluding hydrogens is 370 g/mol. The van der Waals surface area contributed by atoms with E-state index in [4.69, 9.17) is 9.47 Å². The Hall–Kier alpha value is -2.06. The predicted octanol–water partition coefficient (Wildman–Crippen LogP) is 1.87. The minimum Gasteiger partial charge on any atom is -0.374 e. The van der Waals surface area contributed by atoms with E-state index in [-0.39, 0.29) is 18.1 Å². The molecular formula is C18H25N3O5S. The van der Waals surface area contributed by atoms with E-state index in [0.717, 1.165) is 0 Å². The Morgan fingerprint density at radius 2 is 1.93 bits per heavy atom. The molecule has 1 fully saturated rings. The van der Waals surface area contributed by atoms with E-state index < -0.39 is 38.2 Å². The van der Waals surface area contributed by atoms with Gasteiger partial charge in [-0.25, -0.2) is 8.42 Å². The van der Waals surface area contributed by atoms with Crippen molar-refractivity contribution in [1.82, 2.24) is 4.90 Å². The Kier molecular flexibility index (Phi) is 5.91. The van der Waals surface area contributed by atoms with Gasteiger partial charge in [0.05, 0.1) is 29.8 Å². The fourth-order valence-corrected chi connectivity index (χ4v) is 3.96. The smallest absolute Gasteiger partial charge is 0.374 e. The van der Waals surface area contributed by atoms with E-state index in [1.807, 2.05) is 20.8 Å². The van der Waals surface area contributed by atoms with Crippen LogP contribution in [0.1, 0.15) is 34.6 Å². The maximum atomic E-state index is 13.1. The maximum Gasteiger partial charge on any atom is 0.473 e. The molecule has 0 unspecified atom stereocenters. The number of nitrogens with zero attached hydrogens (tertiary/aromatic N) is 3. The van der Waals surface area contributed by atoms with Crippen LogP contribution in [0, 0.1) is 0 Å². The Balaban J connectivity index is 2.37. The highest BCUT2D eigenvalue weighted by Gasteiger charge is 2.51. The summed E-state index contributed by atoms with van der Waals surface area (Å²) in [5.74, 6) is -0.939. The Labute approximate surface area is 159 Å². The summed E-state index contributed by atoms with van der Waals surface area (Å²) in [5, 5.41) is -0.951. The lowest BCUT2D eigenvalue weighted by Gasteiger charge is -2.33. The first-order valence-corrected chi connectivity index (χ1v) is 10.0. The molecule has 0 saturated carbocycles. The molecule has 1 heterocycles. The highest BCUT2D eigenvalue weighted by Crippen LogP contribution is 2.29. The monoisotopic (exact) mass is 395 g/mol. The largest absolute Gasteiger partial charge is 0.473 e. The normalized spacial score (nSPS) is 19.6. The number of hydrogen-bond donors (Lipinski definition) is 0. The van der Waals surface area contributed by atoms with Crippen LogP contribution in [0.2, 0.25) is 0 Å². The summed E-state index contributed by atoms with van der Waals surface area (Å²) in [6.45, 7) is 9.25. The third-order valence-corrected chi connectivity index (χ3v) is 5.74. The maximum absolute atomic E-state index is 13.1. The molecule has 2 rings (SSSR count). The number of hydrogen-bond acceptors (Lipinski definition) is 5. The molecule has 0 bridgehead atoms. The average Bonchev–Trinajstić information content (AvgIpc) is 2.88. The molecule has 9 heteroatoms. The van der Waals surface area contributed by atoms with E-state index in [9.17, 15) is 18.7 Å². The van der Waals surface area contributed by atoms with Crippen LogP contribution in [0.5, 0.6) is 0 Å². The SMILES string of the molecule is CC(C)(C)OC[C@H]1COC(C)(C)N1C(=O)C(=[N+]=[N-])S(=O)(=O)c1ccccc1. The third-order valence-electron chi connectivity index (χ3n) is 4.08. The summed E-state index contributed by atoms with van der Waals surface area (Å²) in [6, 6.07) is 6.84. The second-order valence-corrected chi connectivity index (χ2v) is 9.60. The van der Waals surface area contributed by atoms with Crippen molar-refractivity contribution in [3.8, 4) is 0 Å². The van der Waals surface area contributed by atoms with Crippen molar-refractivity contribution >= 4 is 20.8 Å². The molecule has 8 nitrogen and oxygen atoms in total. The van der Waals surface area contributed by atoms with Gasteiger partial charge in [0, 0.05) is 0 Å². The van der Waals surface area contributed by atoms with Gasteiger partial charge in [0.1, 0.15) is 5.72 Å². The molecule has 1 saturated heterocycles. The van der Waals surface area contributed by atoms with Crippen molar-refractivity contribution in [1.29, 1.82) is 0 Å². The minimum absolute atomic E-state index is 0.133. The summed E-state index contributed by atoms with van der Waals surface area (Å²) in [7, 11) is -4.29. The molecule has 1 atom stereocenters. The molecule has 27 heavy (non-hydrogen) atoms. The van der Waals surface area contributed by atoms with E-state index in [2.05, 4.69) is 4.79 Å². The second kappa shape index (κ2) is 7.52. The van der Waals surface area contributed by atoms with E-state index in [1.54, 1.807) is 19.9 Å². The molecule has 1 aliphatic heterocycles. The molecule has 0 aromatic heterocycles. The van der Waals surface area contributed by atoms with E-state index >= 15 is 0 Å². The topological polar surface area (TPSA) is 109 Å². The highest BCUT2D eigenvalue weighted by atomic mass is 32.2. The number of carbonyl (C=O) groups excluding carboxylic acids is 1. The molecule has 1 aromatic rings. The Bertz CT molecular complexity index is 853. The molecule has 0 radical (unpaired) electrons. The van der Waals surface area contributed by atoms with Crippen molar-refractivity contribution in [2.75, 3.05) is 13.2 Å². The molecule has 0 aliphatic carbocycles. The van der Waals surface area contributed by atoms with Crippen LogP contribution in [0.4, 0.5) is 0 Å². The van der Waals surface area contributed by atoms with Gasteiger partial charge in [-0.15, -0.1) is 4.79 Å². The molecule has 1 aromatic carbocycles. The van der Waals surface area contributed by atoms with Crippen LogP contribution in [0.25, 0.3) is 5.53 Å². The lowest BCUT2D eigenvalue weighted by atomic mass is 10.1. The molecule has 0 N–H and O–H groups in total. The zero-order valence-corrected chi connectivity index (χ0v) is 17.0. The Morgan fingerprint density at radius 3 is 2.44 bits per heavy atom. The standard InChI is InChI=1S/C18H25N3O5S/c1-17(2,3)25-11-13-12-26-18(4,5)21(13)16(22)15(20-19)27(23,24)14-9-7-6-8-10-14/h6-10,13H,11-12H2,1-5H3/t13-/m0/s1. The molecule has 148 valence electrons. The van der Waals surface area contributed by atoms with Gasteiger partial charge in [-0.1, -0.05) is 18.2 Å². The second-order valence-electron chi connectivity index (χ2n) is 7.73. The summed E-state index contributed by atoms with van der Waals surface area (Å²) in [5.41, 5.74) is 7.84. The van der Waals surface area contributed by atoms with Crippen molar-refractivity contribution in [2.24, 2.45) is 0 Å². The van der Waals surface area contributed by atoms with Gasteiger partial charge in [-0.05, 0) is 46.8 Å². The number of sulfone groups is 1. The van der Waals surface area contributed by atoms with Crippen LogP contribution >= 0.6 is 0 Å². The minimum atomic E-state index is -4.29. The highest BCUT2D eigenvalue weighted by molar-refractivity contribution is 8.08. The predicted molar refractivity (Wildman–Crippen MR) is 98.6 cm³/mol. The van der Waals surface area contributed by atoms with Gasteiger partial charge in [0.25, 0.3) is 9.84 Å². The molecule has 1 amide bonds. The fraction of sp³-hybridized carbons (Fsp3) is 0.556. The molecule has 1 aliphatic rings. The van der Waals surface area contributed by atoms with Gasteiger partial charge in [-0.3, -0.25) is 9.69 Å². The van der Waals surface area contributed by atoms with Gasteiger partial charge in [0.15, 0.2) is 0 Å². The number of rotatable bonds is 3. The van der Waals surface area contributed by atoms with Crippen molar-refractivity contribution in [3.63, 3.8) is 0 Å². The summed E-state index contributed by atoms with van der Waals surface area (Å²) >= 11 is 0. The van der Waals surface area contributed by atoms with Crippen molar-refractivity contribution in [3.05, 3.63) is 35.9 Å². The number of benzene rings is 1. The first-order chi connectivity index (χ1) is 12.4. The summed E-state index contributed by atoms with van der Waals surface area (Å²) in [6.07, 6.45) is 0. The summed E-state index contributed by atoms with van der Waals surface area (Å²) in [4.78, 5) is 17.0. The van der Waals surface area contributed by atoms with Crippen molar-refractivity contribution < 1.29 is 27.5 Å². The van der Waals surface area contributed by atoms with Crippen molar-refractivity contribution in [2.45, 2.75) is 56.9 Å². The fourth-order valence-electron chi connectivity index (χ4n) is 2.79. The lowest BCUT2D eigenvalue weighted by Crippen LogP contribution is -2.53. The van der Waals surface area contributed by atoms with Gasteiger partial charge in [0.2, 0.25) is 0 Å². The van der Waals surface area contributed by atoms with Crippen LogP contribution < -0.4 is 0 Å². The number of ether oxygens (including phenoxy) is 2. The van der Waals surface area contributed by atoms with E-state index in [1.165, 1.54) is 29.2 Å². The average molecular weight is 395 g/mol. The zero-order chi connectivity index (χ0) is 20.5. The quantitative estimate of drug-likeness (QED) is 0.336. The first-order valence-electron chi connectivity index (χ1n) is 8.54. The molecule has 0 spiro atoms. The van der Waals surface area contributed by atoms with Crippen LogP contribution in [-0.2, 0) is 24.1 Å². The summed E-state index contributed by atoms with van der Waals surface area (Å²) < 4.78 is 37.0. The van der Waals surface area contributed by atoms with Gasteiger partial charge >= 0.3 is 11.0 Å². The van der Waals surface area contributed by atoms with E-state index in [0.29, 0.717) is 0 Å². The van der Waals surface area contributed by atoms with Gasteiger partial charge in [-0.2, -0.15) is 0 Å². The third kappa shape index (κ3) is 4.62. The van der Waals surface area contributed by atoms with Crippen LogP contribution in [0.15, 0.2) is 35.2 Å². The Morgan fingerprint density at radius 1 is 1.33 bits per heavy atom. The van der Waals surface area contributed by atoms with Gasteiger partial charge < -0.3 is 15.0 Å². The lowest BCUT2D eigenvalue weighted by molar-refractivity contribution is -0.144.